The molecule has 0 fully saturated rings. The standard InChI is InChI=1S/C23H23FN4O4/c1-28-23(25-26-27-28)20(12-11-18(29)13-19(30)14-21(31)32)22(15-5-3-2-4-6-15)16-7-9-17(24)10-8-16/h2-12,18-19,29-30H,13-14H2,1H3,(H,31,32)/p-1/b12-11+,22-20+/t18-,19-/m1/s1. The van der Waals surface area contributed by atoms with Gasteiger partial charge in [-0.2, -0.15) is 0 Å². The molecule has 0 radical (unpaired) electrons. The lowest BCUT2D eigenvalue weighted by Gasteiger charge is -2.15. The molecular weight excluding hydrogens is 415 g/mol. The summed E-state index contributed by atoms with van der Waals surface area (Å²) >= 11 is 0. The average molecular weight is 437 g/mol. The van der Waals surface area contributed by atoms with Gasteiger partial charge >= 0.3 is 0 Å². The fourth-order valence-electron chi connectivity index (χ4n) is 3.27. The van der Waals surface area contributed by atoms with E-state index in [1.165, 1.54) is 22.9 Å². The summed E-state index contributed by atoms with van der Waals surface area (Å²) in [6.07, 6.45) is -0.125. The first-order valence-electron chi connectivity index (χ1n) is 9.87. The fraction of sp³-hybridized carbons (Fsp3) is 0.217. The summed E-state index contributed by atoms with van der Waals surface area (Å²) in [4.78, 5) is 10.6. The number of aliphatic hydroxyl groups excluding tert-OH is 2. The molecule has 166 valence electrons. The van der Waals surface area contributed by atoms with Gasteiger partial charge in [0, 0.05) is 31.4 Å². The van der Waals surface area contributed by atoms with Crippen LogP contribution in [0.4, 0.5) is 4.39 Å². The van der Waals surface area contributed by atoms with Crippen molar-refractivity contribution in [3.05, 3.63) is 89.5 Å². The molecule has 0 spiro atoms. The molecule has 0 unspecified atom stereocenters. The van der Waals surface area contributed by atoms with Crippen LogP contribution in [-0.2, 0) is 11.8 Å². The van der Waals surface area contributed by atoms with Gasteiger partial charge in [-0.1, -0.05) is 54.6 Å². The van der Waals surface area contributed by atoms with Gasteiger partial charge in [0.05, 0.1) is 12.2 Å². The Bertz CT molecular complexity index is 1110. The summed E-state index contributed by atoms with van der Waals surface area (Å²) in [6.45, 7) is 0. The normalized spacial score (nSPS) is 14.2. The van der Waals surface area contributed by atoms with E-state index in [9.17, 15) is 24.5 Å². The first-order valence-corrected chi connectivity index (χ1v) is 9.87. The highest BCUT2D eigenvalue weighted by molar-refractivity contribution is 6.00. The van der Waals surface area contributed by atoms with Gasteiger partial charge < -0.3 is 20.1 Å². The summed E-state index contributed by atoms with van der Waals surface area (Å²) in [5.74, 6) is -1.38. The summed E-state index contributed by atoms with van der Waals surface area (Å²) in [5, 5.41) is 42.4. The van der Waals surface area contributed by atoms with E-state index < -0.39 is 24.6 Å². The average Bonchev–Trinajstić information content (AvgIpc) is 3.17. The molecule has 0 aliphatic rings. The van der Waals surface area contributed by atoms with Crippen molar-refractivity contribution in [2.24, 2.45) is 7.05 Å². The number of hydrogen-bond donors (Lipinski definition) is 2. The van der Waals surface area contributed by atoms with Crippen molar-refractivity contribution in [3.63, 3.8) is 0 Å². The number of aliphatic hydroxyl groups is 2. The number of carbonyl (C=O) groups excluding carboxylic acids is 1. The summed E-state index contributed by atoms with van der Waals surface area (Å²) in [6, 6.07) is 15.3. The Morgan fingerprint density at radius 2 is 1.78 bits per heavy atom. The van der Waals surface area contributed by atoms with E-state index in [4.69, 9.17) is 0 Å². The molecule has 0 bridgehead atoms. The van der Waals surface area contributed by atoms with Crippen molar-refractivity contribution in [1.82, 2.24) is 20.2 Å². The van der Waals surface area contributed by atoms with Crippen molar-refractivity contribution in [3.8, 4) is 0 Å². The van der Waals surface area contributed by atoms with Gasteiger partial charge in [0.2, 0.25) is 0 Å². The number of aromatic nitrogens is 4. The molecule has 1 aromatic heterocycles. The van der Waals surface area contributed by atoms with Gasteiger partial charge in [-0.15, -0.1) is 5.10 Å². The fourth-order valence-corrected chi connectivity index (χ4v) is 3.27. The van der Waals surface area contributed by atoms with E-state index in [2.05, 4.69) is 15.5 Å². The molecule has 1 heterocycles. The van der Waals surface area contributed by atoms with Crippen LogP contribution in [0.25, 0.3) is 11.1 Å². The second kappa shape index (κ2) is 10.6. The van der Waals surface area contributed by atoms with Gasteiger partial charge in [0.1, 0.15) is 5.82 Å². The number of aliphatic carboxylic acids is 1. The third kappa shape index (κ3) is 5.93. The number of hydrogen-bond acceptors (Lipinski definition) is 7. The Hall–Kier alpha value is -3.69. The van der Waals surface area contributed by atoms with E-state index in [1.807, 2.05) is 30.3 Å². The van der Waals surface area contributed by atoms with E-state index in [0.29, 0.717) is 22.5 Å². The maximum atomic E-state index is 13.6. The Kier molecular flexibility index (Phi) is 7.58. The topological polar surface area (TPSA) is 124 Å². The van der Waals surface area contributed by atoms with Crippen LogP contribution in [0.2, 0.25) is 0 Å². The molecular formula is C23H22FN4O4-. The number of nitrogens with zero attached hydrogens (tertiary/aromatic N) is 4. The Morgan fingerprint density at radius 3 is 2.38 bits per heavy atom. The van der Waals surface area contributed by atoms with Crippen molar-refractivity contribution in [2.75, 3.05) is 0 Å². The summed E-state index contributed by atoms with van der Waals surface area (Å²) in [7, 11) is 1.66. The number of rotatable bonds is 9. The van der Waals surface area contributed by atoms with E-state index >= 15 is 0 Å². The van der Waals surface area contributed by atoms with E-state index in [0.717, 1.165) is 5.56 Å². The van der Waals surface area contributed by atoms with E-state index in [-0.39, 0.29) is 12.2 Å². The van der Waals surface area contributed by atoms with Gasteiger partial charge in [0.25, 0.3) is 0 Å². The Morgan fingerprint density at radius 1 is 1.12 bits per heavy atom. The molecule has 0 aliphatic carbocycles. The number of aryl methyl sites for hydroxylation is 1. The molecule has 8 nitrogen and oxygen atoms in total. The summed E-state index contributed by atoms with van der Waals surface area (Å²) in [5.41, 5.74) is 2.76. The second-order valence-electron chi connectivity index (χ2n) is 7.18. The van der Waals surface area contributed by atoms with E-state index in [1.54, 1.807) is 25.3 Å². The Balaban J connectivity index is 2.11. The zero-order valence-corrected chi connectivity index (χ0v) is 17.3. The maximum absolute atomic E-state index is 13.6. The molecule has 9 heteroatoms. The predicted octanol–water partition coefficient (Wildman–Crippen LogP) is 1.12. The number of tetrazole rings is 1. The van der Waals surface area contributed by atoms with Crippen LogP contribution in [0, 0.1) is 5.82 Å². The zero-order valence-electron chi connectivity index (χ0n) is 17.3. The number of carbonyl (C=O) groups is 1. The first-order chi connectivity index (χ1) is 15.3. The molecule has 2 atom stereocenters. The number of allylic oxidation sites excluding steroid dienone is 2. The smallest absolute Gasteiger partial charge is 0.182 e. The van der Waals surface area contributed by atoms with Crippen LogP contribution < -0.4 is 5.11 Å². The summed E-state index contributed by atoms with van der Waals surface area (Å²) < 4.78 is 15.0. The third-order valence-corrected chi connectivity index (χ3v) is 4.73. The van der Waals surface area contributed by atoms with Crippen LogP contribution in [0.1, 0.15) is 29.8 Å². The predicted molar refractivity (Wildman–Crippen MR) is 113 cm³/mol. The van der Waals surface area contributed by atoms with Crippen molar-refractivity contribution in [2.45, 2.75) is 25.0 Å². The van der Waals surface area contributed by atoms with Crippen LogP contribution >= 0.6 is 0 Å². The minimum atomic E-state index is -1.40. The SMILES string of the molecule is Cn1nnnc1C(/C=C/[C@@H](O)C[C@@H](O)CC(=O)[O-])=C(\c1ccccc1)c1ccc(F)cc1. The van der Waals surface area contributed by atoms with Crippen LogP contribution in [0.5, 0.6) is 0 Å². The maximum Gasteiger partial charge on any atom is 0.182 e. The molecule has 0 aliphatic heterocycles. The lowest BCUT2D eigenvalue weighted by molar-refractivity contribution is -0.307. The van der Waals surface area contributed by atoms with Gasteiger partial charge in [-0.05, 0) is 39.3 Å². The third-order valence-electron chi connectivity index (χ3n) is 4.73. The van der Waals surface area contributed by atoms with Crippen molar-refractivity contribution >= 4 is 17.1 Å². The van der Waals surface area contributed by atoms with Crippen LogP contribution in [-0.4, -0.2) is 48.6 Å². The molecule has 2 N–H and O–H groups in total. The monoisotopic (exact) mass is 437 g/mol. The lowest BCUT2D eigenvalue weighted by atomic mass is 9.92. The molecule has 3 aromatic rings. The lowest BCUT2D eigenvalue weighted by Crippen LogP contribution is -2.29. The van der Waals surface area contributed by atoms with Crippen molar-refractivity contribution < 1.29 is 24.5 Å². The minimum Gasteiger partial charge on any atom is -0.550 e. The quantitative estimate of drug-likeness (QED) is 0.481. The number of halogens is 1. The molecule has 2 aromatic carbocycles. The van der Waals surface area contributed by atoms with Crippen LogP contribution in [0.15, 0.2) is 66.7 Å². The van der Waals surface area contributed by atoms with Gasteiger partial charge in [-0.3, -0.25) is 0 Å². The van der Waals surface area contributed by atoms with Crippen molar-refractivity contribution in [1.29, 1.82) is 0 Å². The molecule has 32 heavy (non-hydrogen) atoms. The highest BCUT2D eigenvalue weighted by Crippen LogP contribution is 2.32. The molecule has 3 rings (SSSR count). The second-order valence-corrected chi connectivity index (χ2v) is 7.18. The zero-order chi connectivity index (χ0) is 23.1. The first kappa shape index (κ1) is 23.0. The number of carboxylic acids is 1. The number of benzene rings is 2. The van der Waals surface area contributed by atoms with Gasteiger partial charge in [0.15, 0.2) is 5.82 Å². The Labute approximate surface area is 184 Å². The molecule has 0 saturated heterocycles. The molecule has 0 saturated carbocycles. The van der Waals surface area contributed by atoms with Gasteiger partial charge in [-0.25, -0.2) is 9.07 Å². The largest absolute Gasteiger partial charge is 0.550 e. The minimum absolute atomic E-state index is 0.188. The number of carboxylic acid groups (broad SMARTS) is 1. The van der Waals surface area contributed by atoms with Crippen LogP contribution in [0.3, 0.4) is 0 Å². The molecule has 0 amide bonds. The highest BCUT2D eigenvalue weighted by atomic mass is 19.1. The highest BCUT2D eigenvalue weighted by Gasteiger charge is 2.18.